The highest BCUT2D eigenvalue weighted by atomic mass is 16.3. The lowest BCUT2D eigenvalue weighted by Crippen LogP contribution is -1.91. The van der Waals surface area contributed by atoms with Crippen LogP contribution in [0.5, 0.6) is 5.75 Å². The van der Waals surface area contributed by atoms with Gasteiger partial charge in [0, 0.05) is 40.8 Å². The van der Waals surface area contributed by atoms with Crippen molar-refractivity contribution in [3.05, 3.63) is 144 Å². The number of hydrogen-bond donors (Lipinski definition) is 3. The number of pyridine rings is 3. The number of hydrogen-bond acceptors (Lipinski definition) is 6. The number of aromatic nitrogens is 7. The van der Waals surface area contributed by atoms with Crippen molar-refractivity contribution >= 4 is 46.4 Å². The van der Waals surface area contributed by atoms with Crippen LogP contribution in [-0.4, -0.2) is 40.0 Å². The Morgan fingerprint density at radius 1 is 0.490 bits per heavy atom. The van der Waals surface area contributed by atoms with E-state index in [1.165, 1.54) is 0 Å². The Labute approximate surface area is 280 Å². The van der Waals surface area contributed by atoms with Crippen molar-refractivity contribution in [2.75, 3.05) is 0 Å². The summed E-state index contributed by atoms with van der Waals surface area (Å²) in [6, 6.07) is 33.1. The van der Waals surface area contributed by atoms with E-state index in [0.29, 0.717) is 0 Å². The van der Waals surface area contributed by atoms with Gasteiger partial charge in [-0.15, -0.1) is 0 Å². The number of phenols is 1. The van der Waals surface area contributed by atoms with E-state index < -0.39 is 0 Å². The number of aromatic hydroxyl groups is 1. The zero-order valence-electron chi connectivity index (χ0n) is 26.0. The first-order chi connectivity index (χ1) is 24.2. The van der Waals surface area contributed by atoms with Crippen molar-refractivity contribution in [2.24, 2.45) is 0 Å². The summed E-state index contributed by atoms with van der Waals surface area (Å²) in [6.45, 7) is 0. The summed E-state index contributed by atoms with van der Waals surface area (Å²) >= 11 is 0. The van der Waals surface area contributed by atoms with Crippen molar-refractivity contribution in [2.45, 2.75) is 0 Å². The summed E-state index contributed by atoms with van der Waals surface area (Å²) < 4.78 is 0. The molecule has 232 valence electrons. The molecule has 0 aliphatic carbocycles. The Hall–Kier alpha value is -6.93. The molecule has 2 aliphatic rings. The van der Waals surface area contributed by atoms with Gasteiger partial charge in [-0.3, -0.25) is 15.0 Å². The van der Waals surface area contributed by atoms with E-state index in [1.807, 2.05) is 97.1 Å². The Balaban J connectivity index is 1.47. The van der Waals surface area contributed by atoms with Gasteiger partial charge >= 0.3 is 0 Å². The molecule has 49 heavy (non-hydrogen) atoms. The van der Waals surface area contributed by atoms with Gasteiger partial charge < -0.3 is 15.1 Å². The first kappa shape index (κ1) is 28.3. The minimum absolute atomic E-state index is 0.202. The molecule has 0 radical (unpaired) electrons. The van der Waals surface area contributed by atoms with Gasteiger partial charge in [-0.2, -0.15) is 0 Å². The van der Waals surface area contributed by atoms with Gasteiger partial charge in [-0.05, 0) is 103 Å². The zero-order valence-corrected chi connectivity index (χ0v) is 26.0. The molecule has 3 N–H and O–H groups in total. The van der Waals surface area contributed by atoms with Crippen molar-refractivity contribution < 1.29 is 5.11 Å². The average Bonchev–Trinajstić information content (AvgIpc) is 3.97. The molecule has 2 aliphatic heterocycles. The molecule has 6 aromatic heterocycles. The monoisotopic (exact) mass is 633 g/mol. The first-order valence-electron chi connectivity index (χ1n) is 15.9. The molecule has 9 rings (SSSR count). The van der Waals surface area contributed by atoms with E-state index in [-0.39, 0.29) is 5.75 Å². The number of phenolic OH excluding ortho intramolecular Hbond substituents is 1. The van der Waals surface area contributed by atoms with E-state index in [4.69, 9.17) is 24.9 Å². The Kier molecular flexibility index (Phi) is 6.76. The number of H-pyrrole nitrogens is 2. The van der Waals surface area contributed by atoms with Crippen LogP contribution in [0.1, 0.15) is 22.8 Å². The fourth-order valence-electron chi connectivity index (χ4n) is 6.44. The molecule has 0 saturated carbocycles. The maximum atomic E-state index is 10.1. The topological polar surface area (TPSA) is 116 Å². The zero-order chi connectivity index (χ0) is 32.7. The summed E-state index contributed by atoms with van der Waals surface area (Å²) in [5, 5.41) is 10.1. The Bertz CT molecular complexity index is 2590. The molecule has 8 heteroatoms. The maximum Gasteiger partial charge on any atom is 0.115 e. The predicted octanol–water partition coefficient (Wildman–Crippen LogP) is 9.21. The van der Waals surface area contributed by atoms with Crippen LogP contribution in [0.2, 0.25) is 0 Å². The van der Waals surface area contributed by atoms with E-state index in [9.17, 15) is 5.11 Å². The smallest absolute Gasteiger partial charge is 0.115 e. The number of nitrogens with zero attached hydrogens (tertiary/aromatic N) is 5. The van der Waals surface area contributed by atoms with Crippen LogP contribution in [0.15, 0.2) is 122 Å². The summed E-state index contributed by atoms with van der Waals surface area (Å²) in [6.07, 6.45) is 13.5. The van der Waals surface area contributed by atoms with Crippen LogP contribution in [0, 0.1) is 0 Å². The fourth-order valence-corrected chi connectivity index (χ4v) is 6.44. The molecule has 0 amide bonds. The normalized spacial score (nSPS) is 12.0. The molecule has 0 spiro atoms. The van der Waals surface area contributed by atoms with Crippen molar-refractivity contribution in [1.82, 2.24) is 34.9 Å². The average molecular weight is 634 g/mol. The molecule has 8 heterocycles. The molecule has 7 aromatic rings. The molecule has 0 unspecified atom stereocenters. The largest absolute Gasteiger partial charge is 0.508 e. The van der Waals surface area contributed by atoms with Crippen LogP contribution in [-0.2, 0) is 0 Å². The lowest BCUT2D eigenvalue weighted by atomic mass is 10.0. The van der Waals surface area contributed by atoms with E-state index >= 15 is 0 Å². The molecule has 0 fully saturated rings. The molecular weight excluding hydrogens is 606 g/mol. The Morgan fingerprint density at radius 3 is 1.63 bits per heavy atom. The van der Waals surface area contributed by atoms with Crippen LogP contribution in [0.3, 0.4) is 0 Å². The SMILES string of the molecule is Oc1ccc(-c2cc3cc4nc(c(-c5ccccn5)c5ccc([nH]5)c(-c5ccccn5)c5nc(c(-c6ccccn6)c2[nH]3)C=C5)C=C4)cc1. The Morgan fingerprint density at radius 2 is 1.04 bits per heavy atom. The first-order valence-corrected chi connectivity index (χ1v) is 15.9. The summed E-state index contributed by atoms with van der Waals surface area (Å²) in [4.78, 5) is 32.0. The standard InChI is InChI=1S/C41H27N7O/c49-28-13-10-25(11-14-28)29-24-27-23-26-12-15-33(45-26)38(30-7-1-4-20-42-30)34-16-17-35(47-34)39(31-8-2-5-21-43-31)36-18-19-37(48-36)40(41(29)46-27)32-9-3-6-22-44-32/h1-24,46-47,49H. The molecule has 8 bridgehead atoms. The van der Waals surface area contributed by atoms with Crippen molar-refractivity contribution in [3.63, 3.8) is 0 Å². The van der Waals surface area contributed by atoms with Gasteiger partial charge in [-0.1, -0.05) is 30.3 Å². The molecule has 8 nitrogen and oxygen atoms in total. The highest BCUT2D eigenvalue weighted by Crippen LogP contribution is 2.38. The van der Waals surface area contributed by atoms with E-state index in [1.54, 1.807) is 30.7 Å². The van der Waals surface area contributed by atoms with Crippen LogP contribution < -0.4 is 0 Å². The van der Waals surface area contributed by atoms with Gasteiger partial charge in [0.1, 0.15) is 5.75 Å². The lowest BCUT2D eigenvalue weighted by molar-refractivity contribution is 0.475. The summed E-state index contributed by atoms with van der Waals surface area (Å²) in [5.74, 6) is 0.202. The molecule has 0 atom stereocenters. The number of fused-ring (bicyclic) bond motifs is 8. The molecular formula is C41H27N7O. The maximum absolute atomic E-state index is 10.1. The van der Waals surface area contributed by atoms with Crippen LogP contribution >= 0.6 is 0 Å². The van der Waals surface area contributed by atoms with Crippen LogP contribution in [0.4, 0.5) is 0 Å². The summed E-state index contributed by atoms with van der Waals surface area (Å²) in [7, 11) is 0. The second-order valence-corrected chi connectivity index (χ2v) is 11.7. The van der Waals surface area contributed by atoms with Crippen LogP contribution in [0.25, 0.3) is 91.3 Å². The number of aromatic amines is 2. The quantitative estimate of drug-likeness (QED) is 0.178. The van der Waals surface area contributed by atoms with Crippen molar-refractivity contribution in [3.8, 4) is 50.6 Å². The van der Waals surface area contributed by atoms with Gasteiger partial charge in [0.05, 0.1) is 62.0 Å². The predicted molar refractivity (Wildman–Crippen MR) is 196 cm³/mol. The number of benzene rings is 1. The second-order valence-electron chi connectivity index (χ2n) is 11.7. The van der Waals surface area contributed by atoms with E-state index in [2.05, 4.69) is 28.2 Å². The minimum Gasteiger partial charge on any atom is -0.508 e. The van der Waals surface area contributed by atoms with Gasteiger partial charge in [0.15, 0.2) is 0 Å². The third-order valence-corrected chi connectivity index (χ3v) is 8.63. The number of nitrogens with one attached hydrogen (secondary N) is 2. The lowest BCUT2D eigenvalue weighted by Gasteiger charge is -2.07. The fraction of sp³-hybridized carbons (Fsp3) is 0. The van der Waals surface area contributed by atoms with Gasteiger partial charge in [0.25, 0.3) is 0 Å². The molecule has 0 saturated heterocycles. The number of rotatable bonds is 4. The highest BCUT2D eigenvalue weighted by Gasteiger charge is 2.19. The third kappa shape index (κ3) is 5.17. The second kappa shape index (κ2) is 11.7. The van der Waals surface area contributed by atoms with Crippen molar-refractivity contribution in [1.29, 1.82) is 0 Å². The minimum atomic E-state index is 0.202. The van der Waals surface area contributed by atoms with Gasteiger partial charge in [-0.25, -0.2) is 9.97 Å². The molecule has 1 aromatic carbocycles. The third-order valence-electron chi connectivity index (χ3n) is 8.63. The van der Waals surface area contributed by atoms with E-state index in [0.717, 1.165) is 89.7 Å². The summed E-state index contributed by atoms with van der Waals surface area (Å²) in [5.41, 5.74) is 13.4. The highest BCUT2D eigenvalue weighted by molar-refractivity contribution is 6.00. The van der Waals surface area contributed by atoms with Gasteiger partial charge in [0.2, 0.25) is 0 Å².